The lowest BCUT2D eigenvalue weighted by Gasteiger charge is -2.43. The normalized spacial score (nSPS) is 24.0. The molecule has 154 valence electrons. The van der Waals surface area contributed by atoms with Crippen LogP contribution in [0.15, 0.2) is 12.2 Å². The van der Waals surface area contributed by atoms with Crippen LogP contribution in [0.3, 0.4) is 0 Å². The number of nitrogens with zero attached hydrogens (tertiary/aromatic N) is 2. The lowest BCUT2D eigenvalue weighted by molar-refractivity contribution is -0.369. The van der Waals surface area contributed by atoms with Crippen molar-refractivity contribution in [3.8, 4) is 0 Å². The Hall–Kier alpha value is -1.61. The molecule has 0 N–H and O–H groups in total. The lowest BCUT2D eigenvalue weighted by atomic mass is 10.2. The highest BCUT2D eigenvalue weighted by molar-refractivity contribution is 5.03. The summed E-state index contributed by atoms with van der Waals surface area (Å²) in [6.07, 6.45) is -32.1. The van der Waals surface area contributed by atoms with Crippen LogP contribution in [0.5, 0.6) is 0 Å². The third kappa shape index (κ3) is 5.20. The van der Waals surface area contributed by atoms with Crippen LogP contribution in [-0.2, 0) is 4.74 Å². The Kier molecular flexibility index (Phi) is 5.91. The molecule has 0 aromatic rings. The SMILES string of the molecule is F/C=C(\N1CC(C(F)(F)F)OC(C(F)(F)F)C1)N(C(F)(F)F)C(F)(F)F. The topological polar surface area (TPSA) is 15.7 Å². The Bertz CT molecular complexity index is 481. The summed E-state index contributed by atoms with van der Waals surface area (Å²) in [5.41, 5.74) is 0. The first-order valence-corrected chi connectivity index (χ1v) is 6.17. The molecule has 1 aliphatic rings. The monoisotopic (exact) mass is 418 g/mol. The second kappa shape index (κ2) is 6.84. The molecule has 0 bridgehead atoms. The van der Waals surface area contributed by atoms with E-state index in [0.717, 1.165) is 0 Å². The summed E-state index contributed by atoms with van der Waals surface area (Å²) in [7, 11) is 0. The van der Waals surface area contributed by atoms with Gasteiger partial charge >= 0.3 is 25.0 Å². The summed E-state index contributed by atoms with van der Waals surface area (Å²) in [4.78, 5) is -3.22. The molecule has 3 nitrogen and oxygen atoms in total. The van der Waals surface area contributed by atoms with E-state index in [4.69, 9.17) is 0 Å². The molecule has 2 atom stereocenters. The van der Waals surface area contributed by atoms with Crippen LogP contribution in [-0.4, -0.2) is 60.1 Å². The number of hydrogen-bond acceptors (Lipinski definition) is 3. The van der Waals surface area contributed by atoms with E-state index >= 15 is 0 Å². The fraction of sp³-hybridized carbons (Fsp3) is 0.800. The number of morpholine rings is 1. The van der Waals surface area contributed by atoms with Gasteiger partial charge in [-0.3, -0.25) is 0 Å². The summed E-state index contributed by atoms with van der Waals surface area (Å²) in [5, 5.41) is 0. The average Bonchev–Trinajstić information content (AvgIpc) is 2.39. The first kappa shape index (κ1) is 22.4. The van der Waals surface area contributed by atoms with Crippen molar-refractivity contribution in [2.45, 2.75) is 37.2 Å². The number of rotatable bonds is 2. The van der Waals surface area contributed by atoms with Crippen molar-refractivity contribution in [2.24, 2.45) is 0 Å². The maximum atomic E-state index is 12.8. The zero-order valence-corrected chi connectivity index (χ0v) is 11.9. The average molecular weight is 418 g/mol. The molecule has 0 aliphatic carbocycles. The largest absolute Gasteiger partial charge is 0.493 e. The molecule has 1 heterocycles. The molecule has 26 heavy (non-hydrogen) atoms. The van der Waals surface area contributed by atoms with Crippen LogP contribution in [0.1, 0.15) is 0 Å². The zero-order valence-electron chi connectivity index (χ0n) is 11.9. The fourth-order valence-electron chi connectivity index (χ4n) is 1.97. The minimum Gasteiger partial charge on any atom is -0.352 e. The minimum absolute atomic E-state index is 0.680. The molecular weight excluding hydrogens is 411 g/mol. The Morgan fingerprint density at radius 3 is 1.35 bits per heavy atom. The molecule has 0 amide bonds. The first-order valence-electron chi connectivity index (χ1n) is 6.17. The molecule has 1 aliphatic heterocycles. The molecule has 0 radical (unpaired) electrons. The van der Waals surface area contributed by atoms with Crippen LogP contribution >= 0.6 is 0 Å². The number of alkyl halides is 12. The van der Waals surface area contributed by atoms with E-state index in [-0.39, 0.29) is 0 Å². The van der Waals surface area contributed by atoms with Crippen LogP contribution in [0, 0.1) is 0 Å². The highest BCUT2D eigenvalue weighted by Crippen LogP contribution is 2.41. The van der Waals surface area contributed by atoms with Gasteiger partial charge in [0.25, 0.3) is 0 Å². The van der Waals surface area contributed by atoms with Crippen LogP contribution in [0.4, 0.5) is 57.1 Å². The molecule has 1 saturated heterocycles. The molecule has 0 saturated carbocycles. The highest BCUT2D eigenvalue weighted by Gasteiger charge is 2.59. The van der Waals surface area contributed by atoms with E-state index < -0.39 is 72.2 Å². The van der Waals surface area contributed by atoms with Gasteiger partial charge in [0, 0.05) is 0 Å². The Morgan fingerprint density at radius 2 is 1.12 bits per heavy atom. The van der Waals surface area contributed by atoms with Gasteiger partial charge in [-0.15, -0.1) is 26.3 Å². The van der Waals surface area contributed by atoms with Crippen LogP contribution in [0.2, 0.25) is 0 Å². The van der Waals surface area contributed by atoms with Crippen molar-refractivity contribution in [1.29, 1.82) is 0 Å². The van der Waals surface area contributed by atoms with E-state index in [9.17, 15) is 57.1 Å². The first-order chi connectivity index (χ1) is 11.4. The van der Waals surface area contributed by atoms with E-state index in [1.165, 1.54) is 0 Å². The Labute approximate surface area is 135 Å². The van der Waals surface area contributed by atoms with Crippen molar-refractivity contribution >= 4 is 0 Å². The molecule has 2 unspecified atom stereocenters. The van der Waals surface area contributed by atoms with E-state index in [1.54, 1.807) is 0 Å². The molecule has 1 rings (SSSR count). The van der Waals surface area contributed by atoms with Gasteiger partial charge in [-0.1, -0.05) is 0 Å². The molecular formula is C10H7F13N2O. The van der Waals surface area contributed by atoms with E-state index in [1.807, 2.05) is 0 Å². The van der Waals surface area contributed by atoms with Crippen molar-refractivity contribution in [3.05, 3.63) is 12.2 Å². The van der Waals surface area contributed by atoms with Crippen LogP contribution < -0.4 is 0 Å². The molecule has 16 heteroatoms. The quantitative estimate of drug-likeness (QED) is 0.492. The summed E-state index contributed by atoms with van der Waals surface area (Å²) in [6, 6.07) is 0. The predicted octanol–water partition coefficient (Wildman–Crippen LogP) is 4.29. The summed E-state index contributed by atoms with van der Waals surface area (Å²) in [5.74, 6) is -2.59. The summed E-state index contributed by atoms with van der Waals surface area (Å²) in [6.45, 7) is -3.84. The maximum Gasteiger partial charge on any atom is 0.493 e. The van der Waals surface area contributed by atoms with Crippen molar-refractivity contribution in [3.63, 3.8) is 0 Å². The third-order valence-corrected chi connectivity index (χ3v) is 2.99. The highest BCUT2D eigenvalue weighted by atomic mass is 19.4. The van der Waals surface area contributed by atoms with Crippen molar-refractivity contribution in [2.75, 3.05) is 13.1 Å². The Morgan fingerprint density at radius 1 is 0.769 bits per heavy atom. The standard InChI is InChI=1S/C10H7F13N2O/c11-1-6(25(9(18,19)20)10(21,22)23)24-2-4(7(12,13)14)26-5(3-24)8(15,16)17/h1,4-5H,2-3H2/b6-1+. The van der Waals surface area contributed by atoms with E-state index in [2.05, 4.69) is 4.74 Å². The van der Waals surface area contributed by atoms with Crippen molar-refractivity contribution in [1.82, 2.24) is 9.80 Å². The lowest BCUT2D eigenvalue weighted by Crippen LogP contribution is -2.60. The van der Waals surface area contributed by atoms with Gasteiger partial charge in [0.15, 0.2) is 12.2 Å². The second-order valence-electron chi connectivity index (χ2n) is 4.84. The fourth-order valence-corrected chi connectivity index (χ4v) is 1.97. The molecule has 0 aromatic carbocycles. The molecule has 0 aromatic heterocycles. The van der Waals surface area contributed by atoms with Gasteiger partial charge in [-0.05, 0) is 0 Å². The smallest absolute Gasteiger partial charge is 0.352 e. The number of ether oxygens (including phenoxy) is 1. The van der Waals surface area contributed by atoms with Gasteiger partial charge in [0.1, 0.15) is 12.2 Å². The Balaban J connectivity index is 3.34. The van der Waals surface area contributed by atoms with Gasteiger partial charge in [0.2, 0.25) is 0 Å². The van der Waals surface area contributed by atoms with Crippen molar-refractivity contribution < 1.29 is 61.8 Å². The number of hydrogen-bond donors (Lipinski definition) is 0. The number of halogens is 13. The van der Waals surface area contributed by atoms with Gasteiger partial charge in [0.05, 0.1) is 13.1 Å². The summed E-state index contributed by atoms with van der Waals surface area (Å²) < 4.78 is 168. The van der Waals surface area contributed by atoms with Gasteiger partial charge in [-0.25, -0.2) is 4.39 Å². The minimum atomic E-state index is -6.38. The van der Waals surface area contributed by atoms with Crippen LogP contribution in [0.25, 0.3) is 0 Å². The molecule has 1 fully saturated rings. The molecule has 0 spiro atoms. The maximum absolute atomic E-state index is 12.8. The predicted molar refractivity (Wildman–Crippen MR) is 55.5 cm³/mol. The van der Waals surface area contributed by atoms with Gasteiger partial charge in [-0.2, -0.15) is 31.2 Å². The van der Waals surface area contributed by atoms with E-state index in [0.29, 0.717) is 0 Å². The summed E-state index contributed by atoms with van der Waals surface area (Å²) >= 11 is 0. The zero-order chi connectivity index (χ0) is 20.7. The third-order valence-electron chi connectivity index (χ3n) is 2.99. The second-order valence-corrected chi connectivity index (χ2v) is 4.84. The van der Waals surface area contributed by atoms with Gasteiger partial charge < -0.3 is 9.64 Å².